The summed E-state index contributed by atoms with van der Waals surface area (Å²) in [5.74, 6) is -1.33. The molecule has 0 aromatic heterocycles. The quantitative estimate of drug-likeness (QED) is 0.654. The third kappa shape index (κ3) is 2.53. The number of halogens is 4. The highest BCUT2D eigenvalue weighted by molar-refractivity contribution is 9.10. The molecule has 0 fully saturated rings. The molecule has 0 radical (unpaired) electrons. The van der Waals surface area contributed by atoms with Crippen molar-refractivity contribution < 1.29 is 8.78 Å². The molecule has 0 bridgehead atoms. The fraction of sp³-hybridized carbons (Fsp3) is 0.111. The molecule has 1 aromatic rings. The van der Waals surface area contributed by atoms with Crippen LogP contribution in [0.5, 0.6) is 0 Å². The van der Waals surface area contributed by atoms with E-state index in [4.69, 9.17) is 5.73 Å². The summed E-state index contributed by atoms with van der Waals surface area (Å²) in [6, 6.07) is 1.63. The molecule has 14 heavy (non-hydrogen) atoms. The summed E-state index contributed by atoms with van der Waals surface area (Å²) in [4.78, 5) is 0. The number of benzene rings is 1. The van der Waals surface area contributed by atoms with Gasteiger partial charge >= 0.3 is 0 Å². The van der Waals surface area contributed by atoms with Gasteiger partial charge in [0.2, 0.25) is 0 Å². The van der Waals surface area contributed by atoms with E-state index in [1.54, 1.807) is 0 Å². The van der Waals surface area contributed by atoms with E-state index in [0.29, 0.717) is 0 Å². The number of hydrogen-bond donors (Lipinski definition) is 1. The SMILES string of the molecule is C=C[C@@H](N)c1c(F)ccc(Br)c1F.Cl. The Kier molecular flexibility index (Phi) is 5.26. The number of rotatable bonds is 2. The van der Waals surface area contributed by atoms with Crippen molar-refractivity contribution in [1.29, 1.82) is 0 Å². The Hall–Kier alpha value is -0.450. The summed E-state index contributed by atoms with van der Waals surface area (Å²) in [6.45, 7) is 3.38. The van der Waals surface area contributed by atoms with Crippen molar-refractivity contribution in [3.05, 3.63) is 46.5 Å². The Balaban J connectivity index is 0.00000169. The van der Waals surface area contributed by atoms with Crippen molar-refractivity contribution in [2.45, 2.75) is 6.04 Å². The molecule has 0 aliphatic carbocycles. The van der Waals surface area contributed by atoms with Gasteiger partial charge in [-0.05, 0) is 28.1 Å². The molecule has 1 aromatic carbocycles. The second-order valence-corrected chi connectivity index (χ2v) is 3.37. The van der Waals surface area contributed by atoms with Gasteiger partial charge in [-0.1, -0.05) is 6.08 Å². The van der Waals surface area contributed by atoms with Gasteiger partial charge in [-0.2, -0.15) is 0 Å². The molecule has 0 unspecified atom stereocenters. The van der Waals surface area contributed by atoms with Gasteiger partial charge in [-0.3, -0.25) is 0 Å². The molecular weight excluding hydrogens is 275 g/mol. The van der Waals surface area contributed by atoms with E-state index in [1.807, 2.05) is 0 Å². The van der Waals surface area contributed by atoms with Crippen LogP contribution in [0, 0.1) is 11.6 Å². The molecule has 0 saturated carbocycles. The van der Waals surface area contributed by atoms with Gasteiger partial charge in [0.1, 0.15) is 11.6 Å². The fourth-order valence-electron chi connectivity index (χ4n) is 0.966. The average molecular weight is 285 g/mol. The third-order valence-corrected chi connectivity index (χ3v) is 2.28. The molecule has 1 rings (SSSR count). The smallest absolute Gasteiger partial charge is 0.145 e. The maximum atomic E-state index is 13.3. The van der Waals surface area contributed by atoms with Gasteiger partial charge in [0.25, 0.3) is 0 Å². The minimum absolute atomic E-state index is 0. The third-order valence-electron chi connectivity index (χ3n) is 1.67. The molecule has 0 aliphatic heterocycles. The lowest BCUT2D eigenvalue weighted by Crippen LogP contribution is -2.11. The first-order chi connectivity index (χ1) is 6.07. The summed E-state index contributed by atoms with van der Waals surface area (Å²) in [5.41, 5.74) is 5.28. The van der Waals surface area contributed by atoms with Crippen molar-refractivity contribution in [2.75, 3.05) is 0 Å². The first-order valence-corrected chi connectivity index (χ1v) is 4.38. The Bertz CT molecular complexity index is 344. The fourth-order valence-corrected chi connectivity index (χ4v) is 1.31. The van der Waals surface area contributed by atoms with Crippen molar-refractivity contribution in [3.63, 3.8) is 0 Å². The van der Waals surface area contributed by atoms with Gasteiger partial charge in [-0.25, -0.2) is 8.78 Å². The molecule has 0 heterocycles. The van der Waals surface area contributed by atoms with Crippen LogP contribution in [-0.2, 0) is 0 Å². The molecular formula is C9H9BrClF2N. The van der Waals surface area contributed by atoms with Gasteiger partial charge in [0.05, 0.1) is 10.5 Å². The first kappa shape index (κ1) is 13.5. The summed E-state index contributed by atoms with van der Waals surface area (Å²) >= 11 is 2.95. The minimum atomic E-state index is -0.822. The van der Waals surface area contributed by atoms with Gasteiger partial charge in [0.15, 0.2) is 0 Å². The summed E-state index contributed by atoms with van der Waals surface area (Å²) in [5, 5.41) is 0. The lowest BCUT2D eigenvalue weighted by molar-refractivity contribution is 0.542. The maximum absolute atomic E-state index is 13.3. The summed E-state index contributed by atoms with van der Waals surface area (Å²) < 4.78 is 26.6. The highest BCUT2D eigenvalue weighted by Crippen LogP contribution is 2.25. The number of hydrogen-bond acceptors (Lipinski definition) is 1. The summed E-state index contributed by atoms with van der Waals surface area (Å²) in [6.07, 6.45) is 1.29. The van der Waals surface area contributed by atoms with E-state index < -0.39 is 17.7 Å². The van der Waals surface area contributed by atoms with E-state index in [9.17, 15) is 8.78 Å². The monoisotopic (exact) mass is 283 g/mol. The lowest BCUT2D eigenvalue weighted by Gasteiger charge is -2.09. The van der Waals surface area contributed by atoms with Crippen molar-refractivity contribution in [3.8, 4) is 0 Å². The molecule has 0 saturated heterocycles. The zero-order valence-corrected chi connectivity index (χ0v) is 9.54. The molecule has 0 spiro atoms. The van der Waals surface area contributed by atoms with Crippen LogP contribution in [0.2, 0.25) is 0 Å². The Morgan fingerprint density at radius 2 is 2.00 bits per heavy atom. The Morgan fingerprint density at radius 1 is 1.43 bits per heavy atom. The van der Waals surface area contributed by atoms with Crippen LogP contribution < -0.4 is 5.73 Å². The van der Waals surface area contributed by atoms with Gasteiger partial charge < -0.3 is 5.73 Å². The van der Waals surface area contributed by atoms with Crippen LogP contribution >= 0.6 is 28.3 Å². The first-order valence-electron chi connectivity index (χ1n) is 3.59. The predicted molar refractivity (Wildman–Crippen MR) is 58.4 cm³/mol. The standard InChI is InChI=1S/C9H8BrF2N.ClH/c1-2-7(13)8-6(11)4-3-5(10)9(8)12;/h2-4,7H,1,13H2;1H/t7-;/m1./s1. The molecule has 1 atom stereocenters. The zero-order chi connectivity index (χ0) is 10.0. The normalized spacial score (nSPS) is 11.7. The van der Waals surface area contributed by atoms with E-state index in [-0.39, 0.29) is 22.4 Å². The molecule has 0 aliphatic rings. The molecule has 1 nitrogen and oxygen atoms in total. The highest BCUT2D eigenvalue weighted by atomic mass is 79.9. The van der Waals surface area contributed by atoms with Gasteiger partial charge in [-0.15, -0.1) is 19.0 Å². The van der Waals surface area contributed by atoms with Crippen molar-refractivity contribution in [2.24, 2.45) is 5.73 Å². The van der Waals surface area contributed by atoms with Crippen molar-refractivity contribution in [1.82, 2.24) is 0 Å². The second kappa shape index (κ2) is 5.44. The molecule has 5 heteroatoms. The number of nitrogens with two attached hydrogens (primary N) is 1. The van der Waals surface area contributed by atoms with E-state index in [1.165, 1.54) is 12.1 Å². The van der Waals surface area contributed by atoms with Crippen LogP contribution in [-0.4, -0.2) is 0 Å². The molecule has 78 valence electrons. The average Bonchev–Trinajstić information content (AvgIpc) is 2.12. The van der Waals surface area contributed by atoms with Crippen LogP contribution in [0.4, 0.5) is 8.78 Å². The van der Waals surface area contributed by atoms with E-state index in [0.717, 1.165) is 6.07 Å². The van der Waals surface area contributed by atoms with Crippen LogP contribution in [0.15, 0.2) is 29.3 Å². The summed E-state index contributed by atoms with van der Waals surface area (Å²) in [7, 11) is 0. The second-order valence-electron chi connectivity index (χ2n) is 2.52. The molecule has 2 N–H and O–H groups in total. The minimum Gasteiger partial charge on any atom is -0.321 e. The van der Waals surface area contributed by atoms with Crippen LogP contribution in [0.3, 0.4) is 0 Å². The van der Waals surface area contributed by atoms with Crippen molar-refractivity contribution >= 4 is 28.3 Å². The molecule has 0 amide bonds. The zero-order valence-electron chi connectivity index (χ0n) is 7.14. The van der Waals surface area contributed by atoms with Crippen LogP contribution in [0.25, 0.3) is 0 Å². The highest BCUT2D eigenvalue weighted by Gasteiger charge is 2.16. The lowest BCUT2D eigenvalue weighted by atomic mass is 10.1. The van der Waals surface area contributed by atoms with E-state index >= 15 is 0 Å². The maximum Gasteiger partial charge on any atom is 0.145 e. The van der Waals surface area contributed by atoms with E-state index in [2.05, 4.69) is 22.5 Å². The Labute approximate surface area is 95.5 Å². The largest absolute Gasteiger partial charge is 0.321 e. The topological polar surface area (TPSA) is 26.0 Å². The predicted octanol–water partition coefficient (Wildman–Crippen LogP) is 3.33. The van der Waals surface area contributed by atoms with Crippen LogP contribution in [0.1, 0.15) is 11.6 Å². The van der Waals surface area contributed by atoms with Gasteiger partial charge in [0, 0.05) is 5.56 Å². The Morgan fingerprint density at radius 3 is 2.50 bits per heavy atom.